The van der Waals surface area contributed by atoms with Crippen LogP contribution >= 0.6 is 0 Å². The van der Waals surface area contributed by atoms with E-state index in [1.165, 1.54) is 0 Å². The number of aryl methyl sites for hydroxylation is 1. The molecule has 0 saturated carbocycles. The summed E-state index contributed by atoms with van der Waals surface area (Å²) in [5.74, 6) is -0.209. The summed E-state index contributed by atoms with van der Waals surface area (Å²) in [6.45, 7) is 6.20. The fraction of sp³-hybridized carbons (Fsp3) is 0.244. The summed E-state index contributed by atoms with van der Waals surface area (Å²) in [5, 5.41) is 7.26. The van der Waals surface area contributed by atoms with Gasteiger partial charge in [-0.3, -0.25) is 39.3 Å². The number of nitrogens with zero attached hydrogens (tertiary/aromatic N) is 6. The van der Waals surface area contributed by atoms with Crippen LogP contribution in [-0.2, 0) is 47.0 Å². The van der Waals surface area contributed by atoms with E-state index in [1.807, 2.05) is 71.8 Å². The van der Waals surface area contributed by atoms with Crippen LogP contribution in [-0.4, -0.2) is 71.4 Å². The van der Waals surface area contributed by atoms with Crippen molar-refractivity contribution in [2.75, 3.05) is 6.54 Å². The molecular formula is C45H40N8O5. The first-order valence-corrected chi connectivity index (χ1v) is 19.5. The average molecular weight is 773 g/mol. The Bertz CT molecular complexity index is 2670. The molecule has 1 fully saturated rings. The van der Waals surface area contributed by atoms with Crippen molar-refractivity contribution in [3.63, 3.8) is 0 Å². The Morgan fingerprint density at radius 2 is 1.64 bits per heavy atom. The van der Waals surface area contributed by atoms with E-state index in [1.54, 1.807) is 30.2 Å². The quantitative estimate of drug-likeness (QED) is 0.194. The van der Waals surface area contributed by atoms with Gasteiger partial charge in [0.25, 0.3) is 11.8 Å². The molecule has 1 unspecified atom stereocenters. The lowest BCUT2D eigenvalue weighted by molar-refractivity contribution is -0.137. The fourth-order valence-electron chi connectivity index (χ4n) is 8.34. The van der Waals surface area contributed by atoms with Crippen molar-refractivity contribution >= 4 is 40.3 Å². The van der Waals surface area contributed by atoms with Gasteiger partial charge in [-0.05, 0) is 58.3 Å². The van der Waals surface area contributed by atoms with E-state index >= 15 is 0 Å². The molecule has 1 saturated heterocycles. The molecule has 3 aliphatic heterocycles. The number of imide groups is 1. The number of carbonyl (C=O) groups is 5. The monoisotopic (exact) mass is 772 g/mol. The molecule has 13 nitrogen and oxygen atoms in total. The molecule has 0 bridgehead atoms. The van der Waals surface area contributed by atoms with Crippen molar-refractivity contribution in [2.24, 2.45) is 0 Å². The molecule has 58 heavy (non-hydrogen) atoms. The third kappa shape index (κ3) is 6.57. The molecular weight excluding hydrogens is 733 g/mol. The maximum absolute atomic E-state index is 13.3. The molecule has 5 amide bonds. The first kappa shape index (κ1) is 36.6. The lowest BCUT2D eigenvalue weighted by Crippen LogP contribution is -2.52. The number of aromatic nitrogens is 4. The molecule has 3 aliphatic rings. The summed E-state index contributed by atoms with van der Waals surface area (Å²) in [6, 6.07) is 24.3. The summed E-state index contributed by atoms with van der Waals surface area (Å²) in [6.07, 6.45) is 4.82. The highest BCUT2D eigenvalue weighted by atomic mass is 16.2. The number of nitrogens with one attached hydrogen (secondary N) is 2. The highest BCUT2D eigenvalue weighted by Crippen LogP contribution is 2.36. The lowest BCUT2D eigenvalue weighted by atomic mass is 9.96. The van der Waals surface area contributed by atoms with Crippen LogP contribution in [0.1, 0.15) is 70.2 Å². The summed E-state index contributed by atoms with van der Waals surface area (Å²) >= 11 is 0. The fourth-order valence-corrected chi connectivity index (χ4v) is 8.34. The standard InChI is InChI=1S/C45H40N8O5/c1-3-40-49-42(39-25-51(26(2)54)18-19-52(39)40)32-8-4-6-29-20-37(47-23-34(29)32)30-14-15-36(46-22-30)43(56)48-21-27-10-12-28(13-11-27)31-7-5-9-33-35(31)24-53(45(33)58)38-16-17-41(55)50-44(38)57/h4-15,20,22-23,38H,3,16-19,21,24-25H2,1-2H3,(H,48,56)(H,50,55,57). The van der Waals surface area contributed by atoms with Crippen molar-refractivity contribution in [3.05, 3.63) is 125 Å². The van der Waals surface area contributed by atoms with Gasteiger partial charge in [0.2, 0.25) is 17.7 Å². The number of imidazole rings is 1. The van der Waals surface area contributed by atoms with Crippen molar-refractivity contribution in [1.82, 2.24) is 40.0 Å². The van der Waals surface area contributed by atoms with Gasteiger partial charge in [0.15, 0.2) is 0 Å². The van der Waals surface area contributed by atoms with Gasteiger partial charge in [-0.2, -0.15) is 0 Å². The van der Waals surface area contributed by atoms with Crippen LogP contribution in [0.5, 0.6) is 0 Å². The van der Waals surface area contributed by atoms with E-state index in [4.69, 9.17) is 9.97 Å². The first-order chi connectivity index (χ1) is 28.2. The van der Waals surface area contributed by atoms with Crippen molar-refractivity contribution < 1.29 is 24.0 Å². The minimum atomic E-state index is -0.677. The summed E-state index contributed by atoms with van der Waals surface area (Å²) in [4.78, 5) is 80.6. The highest BCUT2D eigenvalue weighted by Gasteiger charge is 2.40. The third-order valence-electron chi connectivity index (χ3n) is 11.5. The molecule has 2 N–H and O–H groups in total. The second-order valence-corrected chi connectivity index (χ2v) is 14.9. The second-order valence-electron chi connectivity index (χ2n) is 14.9. The number of pyridine rings is 2. The molecule has 290 valence electrons. The van der Waals surface area contributed by atoms with E-state index in [9.17, 15) is 24.0 Å². The Labute approximate surface area is 334 Å². The first-order valence-electron chi connectivity index (χ1n) is 19.5. The number of benzene rings is 3. The second kappa shape index (κ2) is 14.8. The average Bonchev–Trinajstić information content (AvgIpc) is 3.79. The molecule has 13 heteroatoms. The van der Waals surface area contributed by atoms with Crippen LogP contribution in [0.3, 0.4) is 0 Å². The number of hydrogen-bond donors (Lipinski definition) is 2. The van der Waals surface area contributed by atoms with Crippen LogP contribution in [0, 0.1) is 0 Å². The minimum absolute atomic E-state index is 0.0558. The zero-order valence-electron chi connectivity index (χ0n) is 32.1. The van der Waals surface area contributed by atoms with Gasteiger partial charge < -0.3 is 19.7 Å². The van der Waals surface area contributed by atoms with Crippen molar-refractivity contribution in [2.45, 2.75) is 65.3 Å². The summed E-state index contributed by atoms with van der Waals surface area (Å²) < 4.78 is 2.25. The maximum Gasteiger partial charge on any atom is 0.270 e. The summed E-state index contributed by atoms with van der Waals surface area (Å²) in [5.41, 5.74) is 8.78. The maximum atomic E-state index is 13.3. The van der Waals surface area contributed by atoms with Gasteiger partial charge in [0.05, 0.1) is 23.6 Å². The van der Waals surface area contributed by atoms with Gasteiger partial charge in [-0.1, -0.05) is 61.5 Å². The molecule has 9 rings (SSSR count). The predicted molar refractivity (Wildman–Crippen MR) is 216 cm³/mol. The van der Waals surface area contributed by atoms with E-state index in [0.717, 1.165) is 80.0 Å². The Kier molecular flexibility index (Phi) is 9.35. The van der Waals surface area contributed by atoms with Gasteiger partial charge in [0.1, 0.15) is 17.6 Å². The van der Waals surface area contributed by atoms with Crippen LogP contribution in [0.4, 0.5) is 0 Å². The van der Waals surface area contributed by atoms with E-state index in [2.05, 4.69) is 33.2 Å². The Hall–Kier alpha value is -7.02. The largest absolute Gasteiger partial charge is 0.347 e. The molecule has 3 aromatic carbocycles. The highest BCUT2D eigenvalue weighted by molar-refractivity contribution is 6.06. The Morgan fingerprint density at radius 1 is 0.862 bits per heavy atom. The van der Waals surface area contributed by atoms with Crippen molar-refractivity contribution in [3.8, 4) is 33.6 Å². The molecule has 1 atom stereocenters. The minimum Gasteiger partial charge on any atom is -0.347 e. The van der Waals surface area contributed by atoms with Gasteiger partial charge in [-0.25, -0.2) is 4.98 Å². The number of amides is 5. The van der Waals surface area contributed by atoms with E-state index in [0.29, 0.717) is 25.1 Å². The third-order valence-corrected chi connectivity index (χ3v) is 11.5. The molecule has 0 spiro atoms. The van der Waals surface area contributed by atoms with Crippen LogP contribution in [0.25, 0.3) is 44.4 Å². The van der Waals surface area contributed by atoms with Crippen LogP contribution < -0.4 is 10.6 Å². The summed E-state index contributed by atoms with van der Waals surface area (Å²) in [7, 11) is 0. The predicted octanol–water partition coefficient (Wildman–Crippen LogP) is 5.44. The molecule has 0 aliphatic carbocycles. The van der Waals surface area contributed by atoms with E-state index < -0.39 is 11.9 Å². The topological polar surface area (TPSA) is 159 Å². The van der Waals surface area contributed by atoms with Crippen molar-refractivity contribution in [1.29, 1.82) is 0 Å². The molecule has 3 aromatic heterocycles. The smallest absolute Gasteiger partial charge is 0.270 e. The number of hydrogen-bond acceptors (Lipinski definition) is 8. The normalized spacial score (nSPS) is 16.3. The Balaban J connectivity index is 0.864. The number of piperidine rings is 1. The van der Waals surface area contributed by atoms with Crippen LogP contribution in [0.2, 0.25) is 0 Å². The molecule has 6 aromatic rings. The SMILES string of the molecule is CCc1nc(-c2cccc3cc(-c4ccc(C(=O)NCc5ccc(-c6cccc7c6CN(C6CCC(=O)NC6=O)C7=O)cc5)nc4)ncc23)c2n1CCN(C(C)=O)C2. The van der Waals surface area contributed by atoms with E-state index in [-0.39, 0.29) is 48.8 Å². The molecule has 6 heterocycles. The Morgan fingerprint density at radius 3 is 2.40 bits per heavy atom. The zero-order valence-corrected chi connectivity index (χ0v) is 32.1. The number of carbonyl (C=O) groups excluding carboxylic acids is 5. The number of fused-ring (bicyclic) bond motifs is 3. The number of rotatable bonds is 8. The van der Waals surface area contributed by atoms with Crippen LogP contribution in [0.15, 0.2) is 91.3 Å². The van der Waals surface area contributed by atoms with Gasteiger partial charge in [0, 0.05) is 80.4 Å². The van der Waals surface area contributed by atoms with Gasteiger partial charge >= 0.3 is 0 Å². The zero-order chi connectivity index (χ0) is 40.1. The lowest BCUT2D eigenvalue weighted by Gasteiger charge is -2.29. The van der Waals surface area contributed by atoms with Gasteiger partial charge in [-0.15, -0.1) is 0 Å². The molecule has 0 radical (unpaired) electrons.